The molecule has 32 heavy (non-hydrogen) atoms. The van der Waals surface area contributed by atoms with Crippen molar-refractivity contribution in [3.05, 3.63) is 66.1 Å². The smallest absolute Gasteiger partial charge is 0.241 e. The van der Waals surface area contributed by atoms with Crippen LogP contribution in [0, 0.1) is 13.8 Å². The summed E-state index contributed by atoms with van der Waals surface area (Å²) in [5.41, 5.74) is 2.91. The minimum absolute atomic E-state index is 0.0364. The Morgan fingerprint density at radius 2 is 1.97 bits per heavy atom. The third kappa shape index (κ3) is 5.73. The molecule has 3 aromatic rings. The molecule has 1 aliphatic rings. The second kappa shape index (κ2) is 10.4. The Balaban J connectivity index is 1.31. The fourth-order valence-electron chi connectivity index (χ4n) is 4.23. The summed E-state index contributed by atoms with van der Waals surface area (Å²) in [4.78, 5) is 19.6. The van der Waals surface area contributed by atoms with Crippen LogP contribution in [0.15, 0.2) is 54.7 Å². The summed E-state index contributed by atoms with van der Waals surface area (Å²) in [7, 11) is 0. The molecule has 0 unspecified atom stereocenters. The average Bonchev–Trinajstić information content (AvgIpc) is 3.13. The van der Waals surface area contributed by atoms with E-state index in [2.05, 4.69) is 38.0 Å². The Morgan fingerprint density at radius 1 is 1.12 bits per heavy atom. The van der Waals surface area contributed by atoms with Crippen LogP contribution >= 0.6 is 0 Å². The largest absolute Gasteiger partial charge is 0.439 e. The number of carbonyl (C=O) groups excluding carboxylic acids is 1. The Morgan fingerprint density at radius 3 is 2.69 bits per heavy atom. The van der Waals surface area contributed by atoms with E-state index >= 15 is 0 Å². The van der Waals surface area contributed by atoms with Gasteiger partial charge in [0, 0.05) is 24.8 Å². The number of benzene rings is 1. The molecule has 0 bridgehead atoms. The number of nitrogens with one attached hydrogen (secondary N) is 1. The zero-order valence-corrected chi connectivity index (χ0v) is 18.8. The minimum Gasteiger partial charge on any atom is -0.439 e. The standard InChI is InChI=1S/C25H31N5O2/c1-19-17-20(2)30(28-19)16-8-15-29-14-7-6-11-23(29)25(31)27-21-12-13-24(26-18-21)32-22-9-4-3-5-10-22/h3-5,9-10,12-13,17-18,23H,6-8,11,14-16H2,1-2H3,(H,27,31)/t23-/m0/s1. The number of piperidine rings is 1. The first-order chi connectivity index (χ1) is 15.6. The molecule has 0 saturated carbocycles. The highest BCUT2D eigenvalue weighted by Gasteiger charge is 2.28. The van der Waals surface area contributed by atoms with E-state index in [4.69, 9.17) is 4.74 Å². The monoisotopic (exact) mass is 433 g/mol. The molecule has 0 aliphatic carbocycles. The molecule has 0 radical (unpaired) electrons. The maximum atomic E-state index is 13.0. The molecule has 0 spiro atoms. The molecule has 1 aliphatic heterocycles. The van der Waals surface area contributed by atoms with E-state index in [0.717, 1.165) is 56.8 Å². The number of ether oxygens (including phenoxy) is 1. The molecule has 1 amide bonds. The number of anilines is 1. The Kier molecular flexibility index (Phi) is 7.17. The number of rotatable bonds is 8. The van der Waals surface area contributed by atoms with E-state index in [1.807, 2.05) is 43.3 Å². The van der Waals surface area contributed by atoms with Gasteiger partial charge in [0.15, 0.2) is 0 Å². The molecule has 168 valence electrons. The van der Waals surface area contributed by atoms with Crippen LogP contribution in [0.25, 0.3) is 0 Å². The van der Waals surface area contributed by atoms with Gasteiger partial charge in [-0.2, -0.15) is 5.10 Å². The maximum Gasteiger partial charge on any atom is 0.241 e. The topological polar surface area (TPSA) is 72.3 Å². The lowest BCUT2D eigenvalue weighted by molar-refractivity contribution is -0.122. The highest BCUT2D eigenvalue weighted by atomic mass is 16.5. The molecule has 1 fully saturated rings. The quantitative estimate of drug-likeness (QED) is 0.563. The number of carbonyl (C=O) groups is 1. The van der Waals surface area contributed by atoms with Crippen LogP contribution in [0.3, 0.4) is 0 Å². The van der Waals surface area contributed by atoms with Crippen LogP contribution in [0.1, 0.15) is 37.1 Å². The Bertz CT molecular complexity index is 1020. The van der Waals surface area contributed by atoms with Crippen molar-refractivity contribution in [2.24, 2.45) is 0 Å². The molecular weight excluding hydrogens is 402 g/mol. The van der Waals surface area contributed by atoms with Gasteiger partial charge in [-0.3, -0.25) is 14.4 Å². The second-order valence-electron chi connectivity index (χ2n) is 8.34. The van der Waals surface area contributed by atoms with Crippen molar-refractivity contribution in [1.82, 2.24) is 19.7 Å². The van der Waals surface area contributed by atoms with E-state index in [1.165, 1.54) is 5.69 Å². The Hall–Kier alpha value is -3.19. The second-order valence-corrected chi connectivity index (χ2v) is 8.34. The van der Waals surface area contributed by atoms with E-state index in [0.29, 0.717) is 11.6 Å². The number of pyridine rings is 1. The number of likely N-dealkylation sites (tertiary alicyclic amines) is 1. The summed E-state index contributed by atoms with van der Waals surface area (Å²) in [5, 5.41) is 7.57. The van der Waals surface area contributed by atoms with Crippen molar-refractivity contribution in [1.29, 1.82) is 0 Å². The van der Waals surface area contributed by atoms with Gasteiger partial charge in [0.25, 0.3) is 0 Å². The van der Waals surface area contributed by atoms with Crippen LogP contribution in [-0.2, 0) is 11.3 Å². The number of aryl methyl sites for hydroxylation is 3. The zero-order valence-electron chi connectivity index (χ0n) is 18.8. The van der Waals surface area contributed by atoms with Gasteiger partial charge in [0.1, 0.15) is 5.75 Å². The highest BCUT2D eigenvalue weighted by Crippen LogP contribution is 2.22. The summed E-state index contributed by atoms with van der Waals surface area (Å²) in [6, 6.07) is 15.1. The van der Waals surface area contributed by atoms with Crippen LogP contribution in [0.5, 0.6) is 11.6 Å². The van der Waals surface area contributed by atoms with Crippen LogP contribution in [0.4, 0.5) is 5.69 Å². The lowest BCUT2D eigenvalue weighted by Gasteiger charge is -2.34. The molecule has 2 aromatic heterocycles. The minimum atomic E-state index is -0.107. The van der Waals surface area contributed by atoms with Gasteiger partial charge in [-0.1, -0.05) is 24.6 Å². The van der Waals surface area contributed by atoms with Crippen molar-refractivity contribution in [3.8, 4) is 11.6 Å². The average molecular weight is 434 g/mol. The number of hydrogen-bond donors (Lipinski definition) is 1. The van der Waals surface area contributed by atoms with Crippen molar-refractivity contribution in [3.63, 3.8) is 0 Å². The first kappa shape index (κ1) is 22.0. The normalized spacial score (nSPS) is 16.6. The molecule has 1 aromatic carbocycles. The Labute approximate surface area is 189 Å². The highest BCUT2D eigenvalue weighted by molar-refractivity contribution is 5.94. The summed E-state index contributed by atoms with van der Waals surface area (Å²) in [5.74, 6) is 1.27. The van der Waals surface area contributed by atoms with Crippen molar-refractivity contribution in [2.75, 3.05) is 18.4 Å². The van der Waals surface area contributed by atoms with Crippen molar-refractivity contribution in [2.45, 2.75) is 52.1 Å². The lowest BCUT2D eigenvalue weighted by atomic mass is 10.0. The third-order valence-electron chi connectivity index (χ3n) is 5.80. The molecule has 3 heterocycles. The summed E-state index contributed by atoms with van der Waals surface area (Å²) in [6.07, 6.45) is 5.71. The predicted molar refractivity (Wildman–Crippen MR) is 125 cm³/mol. The van der Waals surface area contributed by atoms with Crippen LogP contribution in [-0.4, -0.2) is 44.7 Å². The van der Waals surface area contributed by atoms with Gasteiger partial charge in [-0.05, 0) is 63.9 Å². The molecule has 1 saturated heterocycles. The van der Waals surface area contributed by atoms with Crippen molar-refractivity contribution < 1.29 is 9.53 Å². The van der Waals surface area contributed by atoms with Gasteiger partial charge in [0.05, 0.1) is 23.6 Å². The number of amides is 1. The summed E-state index contributed by atoms with van der Waals surface area (Å²) in [6.45, 7) is 6.82. The molecule has 1 atom stereocenters. The lowest BCUT2D eigenvalue weighted by Crippen LogP contribution is -2.47. The van der Waals surface area contributed by atoms with Crippen LogP contribution < -0.4 is 10.1 Å². The van der Waals surface area contributed by atoms with Gasteiger partial charge in [-0.25, -0.2) is 4.98 Å². The fourth-order valence-corrected chi connectivity index (χ4v) is 4.23. The molecular formula is C25H31N5O2. The molecule has 7 nitrogen and oxygen atoms in total. The molecule has 4 rings (SSSR count). The van der Waals surface area contributed by atoms with E-state index in [-0.39, 0.29) is 11.9 Å². The number of hydrogen-bond acceptors (Lipinski definition) is 5. The van der Waals surface area contributed by atoms with Crippen molar-refractivity contribution >= 4 is 11.6 Å². The maximum absolute atomic E-state index is 13.0. The number of nitrogens with zero attached hydrogens (tertiary/aromatic N) is 4. The molecule has 7 heteroatoms. The van der Waals surface area contributed by atoms with E-state index in [9.17, 15) is 4.79 Å². The van der Waals surface area contributed by atoms with E-state index in [1.54, 1.807) is 12.3 Å². The van der Waals surface area contributed by atoms with Gasteiger partial charge >= 0.3 is 0 Å². The number of aromatic nitrogens is 3. The van der Waals surface area contributed by atoms with Gasteiger partial charge < -0.3 is 10.1 Å². The summed E-state index contributed by atoms with van der Waals surface area (Å²) >= 11 is 0. The zero-order chi connectivity index (χ0) is 22.3. The van der Waals surface area contributed by atoms with Crippen LogP contribution in [0.2, 0.25) is 0 Å². The predicted octanol–water partition coefficient (Wildman–Crippen LogP) is 4.57. The fraction of sp³-hybridized carbons (Fsp3) is 0.400. The SMILES string of the molecule is Cc1cc(C)n(CCCN2CCCC[C@H]2C(=O)Nc2ccc(Oc3ccccc3)nc2)n1. The first-order valence-electron chi connectivity index (χ1n) is 11.3. The number of para-hydroxylation sites is 1. The summed E-state index contributed by atoms with van der Waals surface area (Å²) < 4.78 is 7.78. The first-order valence-corrected chi connectivity index (χ1v) is 11.3. The van der Waals surface area contributed by atoms with E-state index < -0.39 is 0 Å². The molecule has 1 N–H and O–H groups in total. The van der Waals surface area contributed by atoms with Gasteiger partial charge in [0.2, 0.25) is 11.8 Å². The van der Waals surface area contributed by atoms with Gasteiger partial charge in [-0.15, -0.1) is 0 Å². The third-order valence-corrected chi connectivity index (χ3v) is 5.80.